The average molecular weight is 469 g/mol. The lowest BCUT2D eigenvalue weighted by Crippen LogP contribution is -2.29. The Morgan fingerprint density at radius 3 is 1.64 bits per heavy atom. The first-order chi connectivity index (χ1) is 15.5. The summed E-state index contributed by atoms with van der Waals surface area (Å²) in [6, 6.07) is 0. The summed E-state index contributed by atoms with van der Waals surface area (Å²) in [5, 5.41) is 10.9. The first kappa shape index (κ1) is 29.1. The van der Waals surface area contributed by atoms with Crippen molar-refractivity contribution in [2.45, 2.75) is 53.4 Å². The predicted molar refractivity (Wildman–Crippen MR) is 124 cm³/mol. The van der Waals surface area contributed by atoms with Gasteiger partial charge in [-0.3, -0.25) is 29.1 Å². The van der Waals surface area contributed by atoms with Crippen molar-refractivity contribution in [1.29, 1.82) is 0 Å². The highest BCUT2D eigenvalue weighted by atomic mass is 16.4. The number of anilines is 2. The van der Waals surface area contributed by atoms with Crippen LogP contribution in [-0.2, 0) is 9.59 Å². The lowest BCUT2D eigenvalue weighted by molar-refractivity contribution is -0.141. The first-order valence-electron chi connectivity index (χ1n) is 10.4. The summed E-state index contributed by atoms with van der Waals surface area (Å²) in [7, 11) is 0. The minimum atomic E-state index is -0.671. The quantitative estimate of drug-likeness (QED) is 0.303. The zero-order valence-electron chi connectivity index (χ0n) is 19.1. The zero-order valence-corrected chi connectivity index (χ0v) is 19.1. The third-order valence-corrected chi connectivity index (χ3v) is 4.62. The number of hydrogen-bond acceptors (Lipinski definition) is 7. The van der Waals surface area contributed by atoms with Gasteiger partial charge in [0.1, 0.15) is 11.4 Å². The molecule has 8 N–H and O–H groups in total. The lowest BCUT2D eigenvalue weighted by atomic mass is 10.0. The van der Waals surface area contributed by atoms with Gasteiger partial charge >= 0.3 is 17.3 Å². The molecule has 0 aromatic carbocycles. The van der Waals surface area contributed by atoms with E-state index in [9.17, 15) is 28.8 Å². The number of hydrogen-bond donors (Lipinski definition) is 7. The number of nitrogen functional groups attached to an aromatic ring is 1. The van der Waals surface area contributed by atoms with Gasteiger partial charge in [0.25, 0.3) is 11.1 Å². The first-order valence-corrected chi connectivity index (χ1v) is 10.4. The van der Waals surface area contributed by atoms with Gasteiger partial charge in [-0.05, 0) is 25.7 Å². The molecule has 1 amide bonds. The van der Waals surface area contributed by atoms with E-state index in [0.29, 0.717) is 12.8 Å². The molecule has 0 bridgehead atoms. The fourth-order valence-corrected chi connectivity index (χ4v) is 2.46. The maximum Gasteiger partial charge on any atom is 0.325 e. The molecule has 0 fully saturated rings. The Morgan fingerprint density at radius 2 is 1.30 bits per heavy atom. The summed E-state index contributed by atoms with van der Waals surface area (Å²) in [5.74, 6) is -1.13. The number of aromatic amines is 4. The molecular weight excluding hydrogens is 436 g/mol. The number of rotatable bonds is 7. The second-order valence-corrected chi connectivity index (χ2v) is 6.87. The second kappa shape index (κ2) is 15.0. The van der Waals surface area contributed by atoms with E-state index >= 15 is 0 Å². The maximum atomic E-state index is 11.7. The molecule has 184 valence electrons. The van der Waals surface area contributed by atoms with Crippen LogP contribution < -0.4 is 33.5 Å². The number of H-pyrrole nitrogens is 4. The zero-order chi connectivity index (χ0) is 25.6. The highest BCUT2D eigenvalue weighted by molar-refractivity contribution is 5.92. The minimum absolute atomic E-state index is 0.00889. The van der Waals surface area contributed by atoms with Crippen LogP contribution in [0.25, 0.3) is 0 Å². The Bertz CT molecular complexity index is 1110. The van der Waals surface area contributed by atoms with Gasteiger partial charge in [0, 0.05) is 18.3 Å². The van der Waals surface area contributed by atoms with Crippen LogP contribution in [0.2, 0.25) is 0 Å². The molecule has 2 rings (SSSR count). The number of amides is 1. The van der Waals surface area contributed by atoms with E-state index in [1.54, 1.807) is 0 Å². The van der Waals surface area contributed by atoms with Crippen LogP contribution in [0.3, 0.4) is 0 Å². The monoisotopic (exact) mass is 468 g/mol. The molecule has 0 atom stereocenters. The standard InChI is InChI=1S/C10H15N3O3.C6H12O2.C4H5N3O2/c1-3-6(4-2)8(14)12-7-5-11-10(16)13-9(7)15;1-3-5(4-2)6(7)8;5-2-1-6-4(9)7-3(2)8/h5-6H,3-4H2,1-2H3,(H,12,14)(H2,11,13,15,16);5H,3-4H2,1-2H3,(H,7,8);1H,5H2,(H2,6,7,8,9). The third kappa shape index (κ3) is 10.8. The number of carbonyl (C=O) groups excluding carboxylic acids is 1. The van der Waals surface area contributed by atoms with Gasteiger partial charge in [0.05, 0.1) is 5.92 Å². The molecule has 0 saturated heterocycles. The van der Waals surface area contributed by atoms with Crippen molar-refractivity contribution in [3.63, 3.8) is 0 Å². The Balaban J connectivity index is 0.000000511. The average Bonchev–Trinajstić information content (AvgIpc) is 2.75. The summed E-state index contributed by atoms with van der Waals surface area (Å²) in [5.41, 5.74) is 2.86. The molecule has 33 heavy (non-hydrogen) atoms. The van der Waals surface area contributed by atoms with E-state index in [-0.39, 0.29) is 29.1 Å². The second-order valence-electron chi connectivity index (χ2n) is 6.87. The molecule has 0 aliphatic carbocycles. The number of carboxylic acid groups (broad SMARTS) is 1. The van der Waals surface area contributed by atoms with E-state index in [1.165, 1.54) is 6.20 Å². The molecule has 2 heterocycles. The summed E-state index contributed by atoms with van der Waals surface area (Å²) in [6.45, 7) is 7.60. The molecule has 0 aliphatic rings. The van der Waals surface area contributed by atoms with Crippen LogP contribution in [-0.4, -0.2) is 36.9 Å². The number of aliphatic carboxylic acids is 1. The normalized spacial score (nSPS) is 10.0. The van der Waals surface area contributed by atoms with Gasteiger partial charge in [-0.25, -0.2) is 9.59 Å². The number of carbonyl (C=O) groups is 2. The molecule has 0 spiro atoms. The van der Waals surface area contributed by atoms with Crippen LogP contribution in [0.5, 0.6) is 0 Å². The van der Waals surface area contributed by atoms with Crippen molar-refractivity contribution in [3.05, 3.63) is 54.1 Å². The Labute approximate surface area is 188 Å². The van der Waals surface area contributed by atoms with Gasteiger partial charge in [-0.15, -0.1) is 0 Å². The Hall–Kier alpha value is -3.90. The largest absolute Gasteiger partial charge is 0.481 e. The molecule has 0 radical (unpaired) electrons. The SMILES string of the molecule is CCC(CC)C(=O)Nc1c[nH]c(=O)[nH]c1=O.CCC(CC)C(=O)O.Nc1c[nH]c(=O)[nH]c1=O. The van der Waals surface area contributed by atoms with Crippen LogP contribution in [0.1, 0.15) is 53.4 Å². The van der Waals surface area contributed by atoms with E-state index < -0.39 is 28.5 Å². The van der Waals surface area contributed by atoms with Gasteiger partial charge in [0.15, 0.2) is 0 Å². The molecule has 2 aromatic rings. The van der Waals surface area contributed by atoms with Crippen molar-refractivity contribution in [3.8, 4) is 0 Å². The summed E-state index contributed by atoms with van der Waals surface area (Å²) < 4.78 is 0. The molecular formula is C20H32N6O7. The molecule has 0 aliphatic heterocycles. The molecule has 13 nitrogen and oxygen atoms in total. The van der Waals surface area contributed by atoms with E-state index in [1.807, 2.05) is 37.7 Å². The van der Waals surface area contributed by atoms with E-state index in [0.717, 1.165) is 19.0 Å². The molecule has 2 aromatic heterocycles. The number of nitrogens with two attached hydrogens (primary N) is 1. The number of aromatic nitrogens is 4. The van der Waals surface area contributed by atoms with Gasteiger partial charge < -0.3 is 26.1 Å². The van der Waals surface area contributed by atoms with Crippen LogP contribution in [0, 0.1) is 11.8 Å². The third-order valence-electron chi connectivity index (χ3n) is 4.62. The Morgan fingerprint density at radius 1 is 0.848 bits per heavy atom. The minimum Gasteiger partial charge on any atom is -0.481 e. The van der Waals surface area contributed by atoms with Crippen molar-refractivity contribution in [2.75, 3.05) is 11.1 Å². The van der Waals surface area contributed by atoms with Crippen molar-refractivity contribution in [2.24, 2.45) is 11.8 Å². The highest BCUT2D eigenvalue weighted by Crippen LogP contribution is 2.09. The number of nitrogens with one attached hydrogen (secondary N) is 5. The fourth-order valence-electron chi connectivity index (χ4n) is 2.46. The van der Waals surface area contributed by atoms with Gasteiger partial charge in [-0.1, -0.05) is 27.7 Å². The van der Waals surface area contributed by atoms with E-state index in [4.69, 9.17) is 10.8 Å². The summed E-state index contributed by atoms with van der Waals surface area (Å²) in [6.07, 6.45) is 5.26. The van der Waals surface area contributed by atoms with Crippen molar-refractivity contribution < 1.29 is 14.7 Å². The number of carboxylic acids is 1. The predicted octanol–water partition coefficient (Wildman–Crippen LogP) is 0.591. The van der Waals surface area contributed by atoms with Crippen LogP contribution in [0.4, 0.5) is 11.4 Å². The van der Waals surface area contributed by atoms with Gasteiger partial charge in [-0.2, -0.15) is 0 Å². The Kier molecular flexibility index (Phi) is 13.2. The topological polar surface area (TPSA) is 224 Å². The molecule has 13 heteroatoms. The van der Waals surface area contributed by atoms with Crippen molar-refractivity contribution >= 4 is 23.3 Å². The van der Waals surface area contributed by atoms with E-state index in [2.05, 4.69) is 15.3 Å². The molecule has 0 saturated carbocycles. The fraction of sp³-hybridized carbons (Fsp3) is 0.500. The molecule has 0 unspecified atom stereocenters. The maximum absolute atomic E-state index is 11.7. The smallest absolute Gasteiger partial charge is 0.325 e. The van der Waals surface area contributed by atoms with Crippen LogP contribution in [0.15, 0.2) is 31.6 Å². The van der Waals surface area contributed by atoms with Crippen LogP contribution >= 0.6 is 0 Å². The summed E-state index contributed by atoms with van der Waals surface area (Å²) in [4.78, 5) is 73.1. The lowest BCUT2D eigenvalue weighted by Gasteiger charge is -2.11. The van der Waals surface area contributed by atoms with Gasteiger partial charge in [0.2, 0.25) is 5.91 Å². The highest BCUT2D eigenvalue weighted by Gasteiger charge is 2.15. The summed E-state index contributed by atoms with van der Waals surface area (Å²) >= 11 is 0. The van der Waals surface area contributed by atoms with Crippen molar-refractivity contribution in [1.82, 2.24) is 19.9 Å².